The van der Waals surface area contributed by atoms with E-state index in [4.69, 9.17) is 0 Å². The van der Waals surface area contributed by atoms with E-state index in [0.29, 0.717) is 12.1 Å². The highest BCUT2D eigenvalue weighted by atomic mass is 16.1. The maximum absolute atomic E-state index is 12.2. The SMILES string of the molecule is CNc1ccc(C)cc1C(=O)NCCc1ccccn1. The molecule has 0 saturated heterocycles. The summed E-state index contributed by atoms with van der Waals surface area (Å²) in [5.41, 5.74) is 3.56. The molecule has 0 spiro atoms. The van der Waals surface area contributed by atoms with Gasteiger partial charge in [-0.15, -0.1) is 0 Å². The fraction of sp³-hybridized carbons (Fsp3) is 0.250. The van der Waals surface area contributed by atoms with Crippen molar-refractivity contribution >= 4 is 11.6 Å². The maximum atomic E-state index is 12.2. The zero-order valence-electron chi connectivity index (χ0n) is 11.8. The third kappa shape index (κ3) is 3.57. The van der Waals surface area contributed by atoms with Crippen LogP contribution in [0.25, 0.3) is 0 Å². The molecule has 2 aromatic rings. The predicted molar refractivity (Wildman–Crippen MR) is 81.0 cm³/mol. The average Bonchev–Trinajstić information content (AvgIpc) is 2.48. The summed E-state index contributed by atoms with van der Waals surface area (Å²) in [6.45, 7) is 2.55. The lowest BCUT2D eigenvalue weighted by molar-refractivity contribution is 0.0955. The van der Waals surface area contributed by atoms with E-state index in [1.807, 2.05) is 50.4 Å². The minimum absolute atomic E-state index is 0.0611. The van der Waals surface area contributed by atoms with Crippen LogP contribution in [0, 0.1) is 6.92 Å². The molecule has 0 fully saturated rings. The largest absolute Gasteiger partial charge is 0.387 e. The molecule has 0 aliphatic heterocycles. The van der Waals surface area contributed by atoms with Gasteiger partial charge in [0.1, 0.15) is 0 Å². The number of carbonyl (C=O) groups is 1. The van der Waals surface area contributed by atoms with Crippen molar-refractivity contribution < 1.29 is 4.79 Å². The number of rotatable bonds is 5. The van der Waals surface area contributed by atoms with Crippen LogP contribution < -0.4 is 10.6 Å². The lowest BCUT2D eigenvalue weighted by atomic mass is 10.1. The number of hydrogen-bond donors (Lipinski definition) is 2. The Kier molecular flexibility index (Phi) is 4.71. The zero-order valence-corrected chi connectivity index (χ0v) is 11.8. The van der Waals surface area contributed by atoms with Crippen molar-refractivity contribution in [2.75, 3.05) is 18.9 Å². The standard InChI is InChI=1S/C16H19N3O/c1-12-6-7-15(17-2)14(11-12)16(20)19-10-8-13-5-3-4-9-18-13/h3-7,9,11,17H,8,10H2,1-2H3,(H,19,20). The van der Waals surface area contributed by atoms with Gasteiger partial charge >= 0.3 is 0 Å². The van der Waals surface area contributed by atoms with Crippen LogP contribution in [0.5, 0.6) is 0 Å². The number of hydrogen-bond acceptors (Lipinski definition) is 3. The van der Waals surface area contributed by atoms with Crippen molar-refractivity contribution in [2.24, 2.45) is 0 Å². The van der Waals surface area contributed by atoms with Crippen LogP contribution in [-0.2, 0) is 6.42 Å². The molecule has 2 rings (SSSR count). The number of anilines is 1. The Labute approximate surface area is 119 Å². The first-order valence-electron chi connectivity index (χ1n) is 6.67. The van der Waals surface area contributed by atoms with Crippen molar-refractivity contribution in [1.29, 1.82) is 0 Å². The number of nitrogens with one attached hydrogen (secondary N) is 2. The molecular weight excluding hydrogens is 250 g/mol. The minimum atomic E-state index is -0.0611. The number of benzene rings is 1. The van der Waals surface area contributed by atoms with Crippen LogP contribution in [-0.4, -0.2) is 24.5 Å². The van der Waals surface area contributed by atoms with Crippen molar-refractivity contribution in [2.45, 2.75) is 13.3 Å². The van der Waals surface area contributed by atoms with E-state index in [9.17, 15) is 4.79 Å². The van der Waals surface area contributed by atoms with Gasteiger partial charge < -0.3 is 10.6 Å². The molecule has 0 aliphatic carbocycles. The minimum Gasteiger partial charge on any atom is -0.387 e. The number of nitrogens with zero attached hydrogens (tertiary/aromatic N) is 1. The molecule has 0 saturated carbocycles. The van der Waals surface area contributed by atoms with Crippen LogP contribution in [0.1, 0.15) is 21.6 Å². The predicted octanol–water partition coefficient (Wildman–Crippen LogP) is 2.40. The van der Waals surface area contributed by atoms with E-state index in [0.717, 1.165) is 23.4 Å². The summed E-state index contributed by atoms with van der Waals surface area (Å²) in [7, 11) is 1.81. The highest BCUT2D eigenvalue weighted by molar-refractivity contribution is 5.99. The van der Waals surface area contributed by atoms with Crippen molar-refractivity contribution in [1.82, 2.24) is 10.3 Å². The van der Waals surface area contributed by atoms with Crippen molar-refractivity contribution in [3.63, 3.8) is 0 Å². The molecule has 0 radical (unpaired) electrons. The first-order valence-corrected chi connectivity index (χ1v) is 6.67. The quantitative estimate of drug-likeness (QED) is 0.876. The molecule has 2 N–H and O–H groups in total. The smallest absolute Gasteiger partial charge is 0.253 e. The molecule has 4 heteroatoms. The number of aromatic nitrogens is 1. The van der Waals surface area contributed by atoms with Gasteiger partial charge in [-0.05, 0) is 31.2 Å². The monoisotopic (exact) mass is 269 g/mol. The molecule has 104 valence electrons. The molecule has 1 aromatic carbocycles. The van der Waals surface area contributed by atoms with Crippen molar-refractivity contribution in [3.05, 3.63) is 59.4 Å². The molecule has 0 unspecified atom stereocenters. The summed E-state index contributed by atoms with van der Waals surface area (Å²) < 4.78 is 0. The molecule has 0 aliphatic rings. The van der Waals surface area contributed by atoms with Gasteiger partial charge in [0.05, 0.1) is 5.56 Å². The van der Waals surface area contributed by atoms with Gasteiger partial charge in [-0.1, -0.05) is 17.7 Å². The summed E-state index contributed by atoms with van der Waals surface area (Å²) in [6.07, 6.45) is 2.49. The Morgan fingerprint density at radius 2 is 2.10 bits per heavy atom. The van der Waals surface area contributed by atoms with E-state index in [1.54, 1.807) is 6.20 Å². The molecular formula is C16H19N3O. The molecule has 0 atom stereocenters. The second kappa shape index (κ2) is 6.70. The highest BCUT2D eigenvalue weighted by Gasteiger charge is 2.10. The molecule has 1 aromatic heterocycles. The van der Waals surface area contributed by atoms with E-state index in [2.05, 4.69) is 15.6 Å². The highest BCUT2D eigenvalue weighted by Crippen LogP contribution is 2.16. The van der Waals surface area contributed by atoms with Crippen LogP contribution in [0.2, 0.25) is 0 Å². The number of amides is 1. The van der Waals surface area contributed by atoms with Gasteiger partial charge in [-0.2, -0.15) is 0 Å². The van der Waals surface area contributed by atoms with Gasteiger partial charge in [-0.3, -0.25) is 9.78 Å². The summed E-state index contributed by atoms with van der Waals surface area (Å²) in [4.78, 5) is 16.4. The van der Waals surface area contributed by atoms with Gasteiger partial charge in [-0.25, -0.2) is 0 Å². The molecule has 4 nitrogen and oxygen atoms in total. The first-order chi connectivity index (χ1) is 9.70. The fourth-order valence-electron chi connectivity index (χ4n) is 2.01. The lowest BCUT2D eigenvalue weighted by Crippen LogP contribution is -2.26. The third-order valence-electron chi connectivity index (χ3n) is 3.08. The molecule has 1 heterocycles. The Morgan fingerprint density at radius 1 is 1.25 bits per heavy atom. The van der Waals surface area contributed by atoms with Gasteiger partial charge in [0.25, 0.3) is 5.91 Å². The van der Waals surface area contributed by atoms with Gasteiger partial charge in [0.15, 0.2) is 0 Å². The van der Waals surface area contributed by atoms with E-state index in [-0.39, 0.29) is 5.91 Å². The summed E-state index contributed by atoms with van der Waals surface area (Å²) >= 11 is 0. The number of carbonyl (C=O) groups excluding carboxylic acids is 1. The van der Waals surface area contributed by atoms with Crippen LogP contribution in [0.4, 0.5) is 5.69 Å². The van der Waals surface area contributed by atoms with Crippen LogP contribution in [0.15, 0.2) is 42.6 Å². The van der Waals surface area contributed by atoms with Crippen LogP contribution >= 0.6 is 0 Å². The van der Waals surface area contributed by atoms with E-state index in [1.165, 1.54) is 0 Å². The second-order valence-corrected chi connectivity index (χ2v) is 4.63. The Hall–Kier alpha value is -2.36. The first kappa shape index (κ1) is 14.1. The van der Waals surface area contributed by atoms with E-state index < -0.39 is 0 Å². The van der Waals surface area contributed by atoms with Crippen LogP contribution in [0.3, 0.4) is 0 Å². The van der Waals surface area contributed by atoms with Gasteiger partial charge in [0, 0.05) is 37.6 Å². The molecule has 1 amide bonds. The Morgan fingerprint density at radius 3 is 2.80 bits per heavy atom. The van der Waals surface area contributed by atoms with E-state index >= 15 is 0 Å². The average molecular weight is 269 g/mol. The summed E-state index contributed by atoms with van der Waals surface area (Å²) in [5.74, 6) is -0.0611. The Balaban J connectivity index is 1.97. The van der Waals surface area contributed by atoms with Gasteiger partial charge in [0.2, 0.25) is 0 Å². The molecule has 0 bridgehead atoms. The Bertz CT molecular complexity index is 582. The van der Waals surface area contributed by atoms with Crippen molar-refractivity contribution in [3.8, 4) is 0 Å². The second-order valence-electron chi connectivity index (χ2n) is 4.63. The topological polar surface area (TPSA) is 54.0 Å². The summed E-state index contributed by atoms with van der Waals surface area (Å²) in [6, 6.07) is 11.6. The lowest BCUT2D eigenvalue weighted by Gasteiger charge is -2.10. The summed E-state index contributed by atoms with van der Waals surface area (Å²) in [5, 5.41) is 5.97. The zero-order chi connectivity index (χ0) is 14.4. The normalized spacial score (nSPS) is 10.1. The molecule has 20 heavy (non-hydrogen) atoms. The third-order valence-corrected chi connectivity index (χ3v) is 3.08. The number of pyridine rings is 1. The maximum Gasteiger partial charge on any atom is 0.253 e. The number of aryl methyl sites for hydroxylation is 1. The fourth-order valence-corrected chi connectivity index (χ4v) is 2.01.